The normalized spacial score (nSPS) is 10.7. The van der Waals surface area contributed by atoms with Crippen molar-refractivity contribution in [2.24, 2.45) is 5.73 Å². The van der Waals surface area contributed by atoms with Crippen molar-refractivity contribution < 1.29 is 26.4 Å². The van der Waals surface area contributed by atoms with Crippen LogP contribution in [0.1, 0.15) is 11.1 Å². The molecule has 0 unspecified atom stereocenters. The summed E-state index contributed by atoms with van der Waals surface area (Å²) in [5.41, 5.74) is 9.68. The Balaban J connectivity index is 0.000000209. The molecule has 0 aliphatic heterocycles. The van der Waals surface area contributed by atoms with Crippen molar-refractivity contribution in [3.05, 3.63) is 181 Å². The smallest absolute Gasteiger partial charge is 0.323 e. The third-order valence-electron chi connectivity index (χ3n) is 7.27. The Bertz CT molecular complexity index is 2310. The van der Waals surface area contributed by atoms with E-state index in [1.165, 1.54) is 42.0 Å². The van der Waals surface area contributed by atoms with Crippen LogP contribution in [0.2, 0.25) is 0 Å². The molecular formula is C40H39ClN6O6S2. The van der Waals surface area contributed by atoms with Gasteiger partial charge in [-0.1, -0.05) is 97.1 Å². The number of sulfonamides is 1. The molecule has 0 heterocycles. The molecule has 4 amide bonds. The molecule has 0 aromatic heterocycles. The van der Waals surface area contributed by atoms with Crippen LogP contribution >= 0.6 is 10.7 Å². The monoisotopic (exact) mass is 798 g/mol. The van der Waals surface area contributed by atoms with Gasteiger partial charge in [-0.05, 0) is 83.9 Å². The summed E-state index contributed by atoms with van der Waals surface area (Å²) >= 11 is 0. The number of nitrogens with one attached hydrogen (secondary N) is 5. The van der Waals surface area contributed by atoms with Crippen LogP contribution in [0.3, 0.4) is 0 Å². The number of rotatable bonds is 10. The average Bonchev–Trinajstić information content (AvgIpc) is 3.19. The number of carbonyl (C=O) groups excluding carboxylic acids is 2. The molecule has 0 aliphatic rings. The van der Waals surface area contributed by atoms with Crippen molar-refractivity contribution in [1.82, 2.24) is 4.72 Å². The second-order valence-electron chi connectivity index (χ2n) is 11.4. The lowest BCUT2D eigenvalue weighted by Crippen LogP contribution is -2.23. The first-order chi connectivity index (χ1) is 26.4. The Hall–Kier alpha value is -6.03. The van der Waals surface area contributed by atoms with Crippen LogP contribution in [0.4, 0.5) is 32.3 Å². The summed E-state index contributed by atoms with van der Waals surface area (Å²) in [5.74, 6) is 0. The Morgan fingerprint density at radius 3 is 1.13 bits per heavy atom. The van der Waals surface area contributed by atoms with E-state index in [4.69, 9.17) is 16.4 Å². The average molecular weight is 799 g/mol. The van der Waals surface area contributed by atoms with Gasteiger partial charge in [0.15, 0.2) is 0 Å². The second-order valence-corrected chi connectivity index (χ2v) is 15.7. The summed E-state index contributed by atoms with van der Waals surface area (Å²) in [6, 6.07) is 48.0. The van der Waals surface area contributed by atoms with Gasteiger partial charge in [0.05, 0.1) is 9.79 Å². The highest BCUT2D eigenvalue weighted by Gasteiger charge is 2.14. The highest BCUT2D eigenvalue weighted by molar-refractivity contribution is 8.13. The Morgan fingerprint density at radius 1 is 0.455 bits per heavy atom. The van der Waals surface area contributed by atoms with E-state index in [0.717, 1.165) is 5.56 Å². The molecule has 12 nitrogen and oxygen atoms in total. The molecule has 0 fully saturated rings. The molecule has 0 spiro atoms. The van der Waals surface area contributed by atoms with Crippen molar-refractivity contribution >= 4 is 64.6 Å². The number of urea groups is 2. The zero-order valence-electron chi connectivity index (χ0n) is 29.3. The molecule has 0 saturated heterocycles. The zero-order chi connectivity index (χ0) is 39.5. The zero-order valence-corrected chi connectivity index (χ0v) is 31.7. The molecule has 0 radical (unpaired) electrons. The van der Waals surface area contributed by atoms with Gasteiger partial charge in [-0.25, -0.2) is 31.1 Å². The lowest BCUT2D eigenvalue weighted by molar-refractivity contribution is 0.261. The molecule has 7 N–H and O–H groups in total. The molecule has 15 heteroatoms. The Kier molecular flexibility index (Phi) is 15.9. The number of anilines is 4. The van der Waals surface area contributed by atoms with Crippen molar-refractivity contribution in [1.29, 1.82) is 0 Å². The molecule has 0 atom stereocenters. The van der Waals surface area contributed by atoms with Crippen molar-refractivity contribution in [3.63, 3.8) is 0 Å². The van der Waals surface area contributed by atoms with E-state index in [0.29, 0.717) is 29.3 Å². The van der Waals surface area contributed by atoms with Gasteiger partial charge in [-0.3, -0.25) is 0 Å². The van der Waals surface area contributed by atoms with E-state index in [1.807, 2.05) is 84.9 Å². The third kappa shape index (κ3) is 15.1. The van der Waals surface area contributed by atoms with E-state index in [9.17, 15) is 26.4 Å². The van der Waals surface area contributed by atoms with Gasteiger partial charge < -0.3 is 27.0 Å². The maximum absolute atomic E-state index is 12.4. The van der Waals surface area contributed by atoms with Crippen molar-refractivity contribution in [2.75, 3.05) is 21.3 Å². The number of nitrogens with two attached hydrogens (primary N) is 1. The van der Waals surface area contributed by atoms with E-state index < -0.39 is 31.1 Å². The van der Waals surface area contributed by atoms with Gasteiger partial charge in [0.1, 0.15) is 0 Å². The summed E-state index contributed by atoms with van der Waals surface area (Å²) in [6.07, 6.45) is 0. The molecule has 6 aromatic carbocycles. The van der Waals surface area contributed by atoms with E-state index in [1.54, 1.807) is 48.5 Å². The minimum absolute atomic E-state index is 0.0202. The number of amides is 4. The SMILES string of the molecule is NCc1ccccc1.O=C(Nc1ccccc1)Nc1ccc(S(=O)(=O)Cl)cc1.O=C(Nc1ccccc1)Nc1ccc(S(=O)(=O)NCc2ccccc2)cc1. The van der Waals surface area contributed by atoms with Crippen LogP contribution in [0.5, 0.6) is 0 Å². The minimum Gasteiger partial charge on any atom is -0.326 e. The quantitative estimate of drug-likeness (QED) is 0.0753. The summed E-state index contributed by atoms with van der Waals surface area (Å²) in [5, 5.41) is 10.6. The van der Waals surface area contributed by atoms with Gasteiger partial charge in [-0.2, -0.15) is 0 Å². The largest absolute Gasteiger partial charge is 0.326 e. The molecule has 0 saturated carbocycles. The second kappa shape index (κ2) is 21.0. The van der Waals surface area contributed by atoms with Gasteiger partial charge in [0.25, 0.3) is 9.05 Å². The number of benzene rings is 6. The lowest BCUT2D eigenvalue weighted by atomic mass is 10.2. The maximum Gasteiger partial charge on any atom is 0.323 e. The standard InChI is InChI=1S/C20H19N3O3S.C13H11ClN2O3S.C7H9N/c24-20(22-17-9-5-2-6-10-17)23-18-11-13-19(14-12-18)27(25,26)21-15-16-7-3-1-4-8-16;14-20(18,19)12-8-6-11(7-9-12)16-13(17)15-10-4-2-1-3-5-10;8-6-7-4-2-1-3-5-7/h1-14,21H,15H2,(H2,22,23,24);1-9H,(H2,15,16,17);1-5H,6,8H2. The summed E-state index contributed by atoms with van der Waals surface area (Å²) in [4.78, 5) is 23.8. The Labute approximate surface area is 325 Å². The van der Waals surface area contributed by atoms with Crippen LogP contribution in [0.25, 0.3) is 0 Å². The molecule has 284 valence electrons. The first kappa shape index (κ1) is 41.7. The topological polar surface area (TPSA) is 189 Å². The molecule has 55 heavy (non-hydrogen) atoms. The predicted octanol–water partition coefficient (Wildman–Crippen LogP) is 8.21. The molecular weight excluding hydrogens is 760 g/mol. The van der Waals surface area contributed by atoms with Gasteiger partial charge in [0, 0.05) is 46.5 Å². The van der Waals surface area contributed by atoms with Gasteiger partial charge in [-0.15, -0.1) is 0 Å². The first-order valence-corrected chi connectivity index (χ1v) is 20.4. The van der Waals surface area contributed by atoms with Crippen LogP contribution in [-0.2, 0) is 32.2 Å². The highest BCUT2D eigenvalue weighted by Crippen LogP contribution is 2.18. The summed E-state index contributed by atoms with van der Waals surface area (Å²) < 4.78 is 49.4. The van der Waals surface area contributed by atoms with Crippen molar-refractivity contribution in [3.8, 4) is 0 Å². The Morgan fingerprint density at radius 2 is 0.782 bits per heavy atom. The highest BCUT2D eigenvalue weighted by atomic mass is 35.7. The number of carbonyl (C=O) groups is 2. The van der Waals surface area contributed by atoms with E-state index in [2.05, 4.69) is 26.0 Å². The van der Waals surface area contributed by atoms with Crippen LogP contribution in [-0.4, -0.2) is 28.9 Å². The molecule has 6 rings (SSSR count). The number of halogens is 1. The van der Waals surface area contributed by atoms with Crippen LogP contribution in [0, 0.1) is 0 Å². The van der Waals surface area contributed by atoms with Gasteiger partial charge >= 0.3 is 12.1 Å². The minimum atomic E-state index is -3.75. The fourth-order valence-corrected chi connectivity index (χ4v) is 6.31. The van der Waals surface area contributed by atoms with E-state index >= 15 is 0 Å². The van der Waals surface area contributed by atoms with Crippen molar-refractivity contribution in [2.45, 2.75) is 22.9 Å². The van der Waals surface area contributed by atoms with E-state index in [-0.39, 0.29) is 16.3 Å². The number of para-hydroxylation sites is 2. The van der Waals surface area contributed by atoms with Crippen LogP contribution in [0.15, 0.2) is 180 Å². The molecule has 0 bridgehead atoms. The summed E-state index contributed by atoms with van der Waals surface area (Å²) in [6.45, 7) is 0.851. The lowest BCUT2D eigenvalue weighted by Gasteiger charge is -2.09. The maximum atomic E-state index is 12.4. The predicted molar refractivity (Wildman–Crippen MR) is 219 cm³/mol. The van der Waals surface area contributed by atoms with Gasteiger partial charge in [0.2, 0.25) is 10.0 Å². The first-order valence-electron chi connectivity index (χ1n) is 16.6. The van der Waals surface area contributed by atoms with Crippen LogP contribution < -0.4 is 31.7 Å². The fourth-order valence-electron chi connectivity index (χ4n) is 4.52. The number of hydrogen-bond donors (Lipinski definition) is 6. The summed E-state index contributed by atoms with van der Waals surface area (Å²) in [7, 11) is -2.19. The molecule has 6 aromatic rings. The number of hydrogen-bond acceptors (Lipinski definition) is 7. The molecule has 0 aliphatic carbocycles. The third-order valence-corrected chi connectivity index (χ3v) is 10.1. The fraction of sp³-hybridized carbons (Fsp3) is 0.0500.